The quantitative estimate of drug-likeness (QED) is 0.152. The van der Waals surface area contributed by atoms with Gasteiger partial charge in [-0.1, -0.05) is 56.0 Å². The van der Waals surface area contributed by atoms with Crippen LogP contribution in [0.15, 0.2) is 48.5 Å². The largest absolute Gasteiger partial charge is 0.462 e. The van der Waals surface area contributed by atoms with Crippen LogP contribution in [0.4, 0.5) is 28.9 Å². The van der Waals surface area contributed by atoms with E-state index in [1.165, 1.54) is 29.6 Å². The SMILES string of the molecule is C.CCOC(=O)C(C)(F)F.[C-]#[N+]c1ccc(C(F)(F)C(=O)OCC)cc1.[C-]#[N+]c1ccc(I)cc1. The Morgan fingerprint density at radius 2 is 1.20 bits per heavy atom. The van der Waals surface area contributed by atoms with Gasteiger partial charge in [0.1, 0.15) is 0 Å². The Kier molecular flexibility index (Phi) is 16.0. The standard InChI is InChI=1S/C11H9F2NO2.C7H4IN.C5H8F2O2.CH4/c1-3-16-10(15)11(12,13)8-4-6-9(14-2)7-5-8;1-9-7-4-2-6(8)3-5-7;1-3-9-4(8)5(2,6)7;/h4-7H,3H2,1H3;2-5H;3H2,1-2H3;1H4. The van der Waals surface area contributed by atoms with Gasteiger partial charge in [-0.2, -0.15) is 17.6 Å². The molecule has 0 atom stereocenters. The molecular weight excluding hydrogens is 583 g/mol. The molecule has 0 N–H and O–H groups in total. The molecule has 0 unspecified atom stereocenters. The van der Waals surface area contributed by atoms with Gasteiger partial charge in [-0.3, -0.25) is 0 Å². The Morgan fingerprint density at radius 3 is 1.51 bits per heavy atom. The summed E-state index contributed by atoms with van der Waals surface area (Å²) in [6.45, 7) is 16.6. The summed E-state index contributed by atoms with van der Waals surface area (Å²) in [6, 6.07) is 12.0. The van der Waals surface area contributed by atoms with E-state index in [9.17, 15) is 27.2 Å². The molecule has 0 fully saturated rings. The number of rotatable bonds is 5. The molecule has 0 aliphatic heterocycles. The number of halogens is 5. The van der Waals surface area contributed by atoms with E-state index < -0.39 is 29.3 Å². The lowest BCUT2D eigenvalue weighted by molar-refractivity contribution is -0.173. The highest BCUT2D eigenvalue weighted by molar-refractivity contribution is 14.1. The lowest BCUT2D eigenvalue weighted by Gasteiger charge is -2.14. The van der Waals surface area contributed by atoms with E-state index in [0.717, 1.165) is 12.1 Å². The predicted molar refractivity (Wildman–Crippen MR) is 133 cm³/mol. The van der Waals surface area contributed by atoms with Crippen LogP contribution >= 0.6 is 22.6 Å². The van der Waals surface area contributed by atoms with Crippen LogP contribution in [0.3, 0.4) is 0 Å². The molecule has 0 radical (unpaired) electrons. The smallest absolute Gasteiger partial charge is 0.381 e. The molecule has 0 aliphatic carbocycles. The monoisotopic (exact) mass is 608 g/mol. The number of esters is 2. The zero-order valence-electron chi connectivity index (χ0n) is 18.5. The maximum absolute atomic E-state index is 13.4. The molecule has 0 amide bonds. The molecule has 0 bridgehead atoms. The summed E-state index contributed by atoms with van der Waals surface area (Å²) in [4.78, 5) is 27.4. The minimum atomic E-state index is -3.67. The normalized spacial score (nSPS) is 9.89. The summed E-state index contributed by atoms with van der Waals surface area (Å²) in [5, 5.41) is 0. The zero-order chi connectivity index (χ0) is 26.4. The van der Waals surface area contributed by atoms with Crippen LogP contribution in [0.2, 0.25) is 0 Å². The fraction of sp³-hybridized carbons (Fsp3) is 0.333. The van der Waals surface area contributed by atoms with Crippen molar-refractivity contribution in [1.82, 2.24) is 0 Å². The van der Waals surface area contributed by atoms with Gasteiger partial charge >= 0.3 is 23.8 Å². The van der Waals surface area contributed by atoms with Crippen molar-refractivity contribution in [3.63, 3.8) is 0 Å². The third-order valence-corrected chi connectivity index (χ3v) is 4.20. The third kappa shape index (κ3) is 12.7. The molecule has 6 nitrogen and oxygen atoms in total. The van der Waals surface area contributed by atoms with Crippen LogP contribution in [0.5, 0.6) is 0 Å². The van der Waals surface area contributed by atoms with Crippen molar-refractivity contribution >= 4 is 45.9 Å². The van der Waals surface area contributed by atoms with Crippen molar-refractivity contribution in [3.8, 4) is 0 Å². The van der Waals surface area contributed by atoms with E-state index in [1.54, 1.807) is 0 Å². The van der Waals surface area contributed by atoms with Gasteiger partial charge in [-0.05, 0) is 36.4 Å². The second-order valence-corrected chi connectivity index (χ2v) is 7.40. The van der Waals surface area contributed by atoms with E-state index in [-0.39, 0.29) is 26.3 Å². The molecule has 2 aromatic carbocycles. The van der Waals surface area contributed by atoms with E-state index in [0.29, 0.717) is 12.6 Å². The molecule has 11 heteroatoms. The van der Waals surface area contributed by atoms with Crippen molar-refractivity contribution in [2.75, 3.05) is 13.2 Å². The van der Waals surface area contributed by atoms with E-state index >= 15 is 0 Å². The molecule has 35 heavy (non-hydrogen) atoms. The average molecular weight is 608 g/mol. The molecule has 2 rings (SSSR count). The first kappa shape index (κ1) is 34.0. The summed E-state index contributed by atoms with van der Waals surface area (Å²) in [5.74, 6) is -10.1. The topological polar surface area (TPSA) is 61.3 Å². The van der Waals surface area contributed by atoms with Gasteiger partial charge in [0.2, 0.25) is 0 Å². The molecule has 2 aromatic rings. The van der Waals surface area contributed by atoms with E-state index in [2.05, 4.69) is 41.8 Å². The Bertz CT molecular complexity index is 1010. The number of carbonyl (C=O) groups excluding carboxylic acids is 2. The van der Waals surface area contributed by atoms with Crippen LogP contribution in [0.1, 0.15) is 33.8 Å². The number of alkyl halides is 4. The Labute approximate surface area is 216 Å². The molecule has 0 heterocycles. The Hall–Kier alpha value is -3.19. The molecular formula is C24H25F4IN2O4. The summed E-state index contributed by atoms with van der Waals surface area (Å²) >= 11 is 2.21. The van der Waals surface area contributed by atoms with Crippen LogP contribution in [0.25, 0.3) is 9.69 Å². The van der Waals surface area contributed by atoms with Gasteiger partial charge in [0.05, 0.1) is 26.4 Å². The summed E-state index contributed by atoms with van der Waals surface area (Å²) in [5.41, 5.74) is 0.470. The van der Waals surface area contributed by atoms with Crippen LogP contribution in [-0.2, 0) is 25.0 Å². The molecule has 0 aliphatic rings. The van der Waals surface area contributed by atoms with Crippen molar-refractivity contribution in [2.45, 2.75) is 40.0 Å². The van der Waals surface area contributed by atoms with Crippen molar-refractivity contribution in [1.29, 1.82) is 0 Å². The van der Waals surface area contributed by atoms with Gasteiger partial charge < -0.3 is 9.47 Å². The van der Waals surface area contributed by atoms with E-state index in [1.807, 2.05) is 24.3 Å². The fourth-order valence-corrected chi connectivity index (χ4v) is 2.22. The Balaban J connectivity index is 0. The predicted octanol–water partition coefficient (Wildman–Crippen LogP) is 7.58. The third-order valence-electron chi connectivity index (χ3n) is 3.48. The highest BCUT2D eigenvalue weighted by atomic mass is 127. The molecule has 0 saturated heterocycles. The minimum absolute atomic E-state index is 0. The number of ether oxygens (including phenoxy) is 2. The summed E-state index contributed by atoms with van der Waals surface area (Å²) in [6.07, 6.45) is 0. The average Bonchev–Trinajstić information content (AvgIpc) is 2.80. The second kappa shape index (κ2) is 16.4. The van der Waals surface area contributed by atoms with Gasteiger partial charge in [0.15, 0.2) is 11.4 Å². The van der Waals surface area contributed by atoms with Gasteiger partial charge in [-0.25, -0.2) is 19.3 Å². The summed E-state index contributed by atoms with van der Waals surface area (Å²) in [7, 11) is 0. The van der Waals surface area contributed by atoms with Crippen molar-refractivity contribution in [3.05, 3.63) is 80.5 Å². The maximum Gasteiger partial charge on any atom is 0.381 e. The van der Waals surface area contributed by atoms with Gasteiger partial charge in [0.25, 0.3) is 0 Å². The van der Waals surface area contributed by atoms with Crippen molar-refractivity contribution in [2.24, 2.45) is 0 Å². The highest BCUT2D eigenvalue weighted by Crippen LogP contribution is 2.30. The molecule has 0 spiro atoms. The highest BCUT2D eigenvalue weighted by Gasteiger charge is 2.42. The first-order valence-electron chi connectivity index (χ1n) is 9.54. The number of carbonyl (C=O) groups is 2. The first-order chi connectivity index (χ1) is 15.8. The van der Waals surface area contributed by atoms with Crippen LogP contribution in [-0.4, -0.2) is 31.1 Å². The maximum atomic E-state index is 13.4. The Morgan fingerprint density at radius 1 is 0.829 bits per heavy atom. The van der Waals surface area contributed by atoms with Gasteiger partial charge in [0, 0.05) is 16.1 Å². The first-order valence-corrected chi connectivity index (χ1v) is 10.6. The van der Waals surface area contributed by atoms with Gasteiger partial charge in [-0.15, -0.1) is 0 Å². The number of hydrogen-bond donors (Lipinski definition) is 0. The molecule has 0 saturated carbocycles. The van der Waals surface area contributed by atoms with Crippen LogP contribution in [0, 0.1) is 16.7 Å². The lowest BCUT2D eigenvalue weighted by atomic mass is 10.1. The number of benzene rings is 2. The van der Waals surface area contributed by atoms with Crippen LogP contribution < -0.4 is 0 Å². The lowest BCUT2D eigenvalue weighted by Crippen LogP contribution is -2.28. The number of hydrogen-bond acceptors (Lipinski definition) is 4. The fourth-order valence-electron chi connectivity index (χ4n) is 1.86. The summed E-state index contributed by atoms with van der Waals surface area (Å²) < 4.78 is 59.9. The molecule has 190 valence electrons. The van der Waals surface area contributed by atoms with Crippen molar-refractivity contribution < 1.29 is 36.6 Å². The second-order valence-electron chi connectivity index (χ2n) is 6.15. The van der Waals surface area contributed by atoms with E-state index in [4.69, 9.17) is 13.1 Å². The number of nitrogens with zero attached hydrogens (tertiary/aromatic N) is 2. The zero-order valence-corrected chi connectivity index (χ0v) is 20.6. The molecule has 0 aromatic heterocycles. The minimum Gasteiger partial charge on any atom is -0.462 e.